The van der Waals surface area contributed by atoms with E-state index >= 15 is 0 Å². The molecule has 0 spiro atoms. The van der Waals surface area contributed by atoms with Crippen LogP contribution in [0.4, 0.5) is 18.9 Å². The lowest BCUT2D eigenvalue weighted by Crippen LogP contribution is -2.41. The highest BCUT2D eigenvalue weighted by Crippen LogP contribution is 2.35. The van der Waals surface area contributed by atoms with Gasteiger partial charge >= 0.3 is 6.18 Å². The van der Waals surface area contributed by atoms with Crippen molar-refractivity contribution in [2.45, 2.75) is 43.9 Å². The van der Waals surface area contributed by atoms with Gasteiger partial charge in [-0.25, -0.2) is 4.98 Å². The number of amides is 1. The molecule has 0 unspecified atom stereocenters. The minimum absolute atomic E-state index is 0.0921. The standard InChI is InChI=1S/C25H26F3N3O3/c1-33-18-8-6-15(7-9-18)24(32)30-17-5-3-4-16(12-17)29-22-14-23(25(26,27)28)31-21-11-10-19(34-2)13-20(21)22/h6-11,13-14,16-17H,3-5,12H2,1-2H3,(H,29,31)(H,30,32)/t16-,17+/m0/s1. The van der Waals surface area contributed by atoms with Gasteiger partial charge in [0.2, 0.25) is 0 Å². The van der Waals surface area contributed by atoms with Gasteiger partial charge in [0.05, 0.1) is 19.7 Å². The Morgan fingerprint density at radius 1 is 0.971 bits per heavy atom. The first-order valence-corrected chi connectivity index (χ1v) is 11.0. The number of anilines is 1. The molecule has 180 valence electrons. The SMILES string of the molecule is COc1ccc(C(=O)N[C@@H]2CCC[C@H](Nc3cc(C(F)(F)F)nc4ccc(OC)cc34)C2)cc1. The second-order valence-electron chi connectivity index (χ2n) is 8.34. The van der Waals surface area contributed by atoms with Crippen molar-refractivity contribution in [1.82, 2.24) is 10.3 Å². The lowest BCUT2D eigenvalue weighted by molar-refractivity contribution is -0.140. The second kappa shape index (κ2) is 9.79. The summed E-state index contributed by atoms with van der Waals surface area (Å²) in [7, 11) is 3.06. The summed E-state index contributed by atoms with van der Waals surface area (Å²) >= 11 is 0. The molecule has 2 aromatic carbocycles. The minimum Gasteiger partial charge on any atom is -0.497 e. The van der Waals surface area contributed by atoms with Crippen molar-refractivity contribution in [3.63, 3.8) is 0 Å². The van der Waals surface area contributed by atoms with Gasteiger partial charge in [0.25, 0.3) is 5.91 Å². The van der Waals surface area contributed by atoms with Crippen molar-refractivity contribution in [2.75, 3.05) is 19.5 Å². The number of hydrogen-bond donors (Lipinski definition) is 2. The zero-order valence-electron chi connectivity index (χ0n) is 18.9. The summed E-state index contributed by atoms with van der Waals surface area (Å²) in [5, 5.41) is 6.88. The highest BCUT2D eigenvalue weighted by molar-refractivity contribution is 5.94. The summed E-state index contributed by atoms with van der Waals surface area (Å²) in [6.07, 6.45) is -1.55. The molecular formula is C25H26F3N3O3. The average Bonchev–Trinajstić information content (AvgIpc) is 2.83. The van der Waals surface area contributed by atoms with E-state index < -0.39 is 11.9 Å². The van der Waals surface area contributed by atoms with Crippen molar-refractivity contribution in [2.24, 2.45) is 0 Å². The largest absolute Gasteiger partial charge is 0.497 e. The van der Waals surface area contributed by atoms with E-state index in [1.165, 1.54) is 13.2 Å². The summed E-state index contributed by atoms with van der Waals surface area (Å²) in [5.74, 6) is 1.01. The number of hydrogen-bond acceptors (Lipinski definition) is 5. The lowest BCUT2D eigenvalue weighted by Gasteiger charge is -2.31. The monoisotopic (exact) mass is 473 g/mol. The molecule has 1 aliphatic carbocycles. The minimum atomic E-state index is -4.56. The lowest BCUT2D eigenvalue weighted by atomic mass is 9.90. The van der Waals surface area contributed by atoms with Gasteiger partial charge in [-0.15, -0.1) is 0 Å². The van der Waals surface area contributed by atoms with Crippen LogP contribution in [0.15, 0.2) is 48.5 Å². The molecule has 9 heteroatoms. The third-order valence-electron chi connectivity index (χ3n) is 6.03. The quantitative estimate of drug-likeness (QED) is 0.500. The number of pyridine rings is 1. The molecule has 1 fully saturated rings. The van der Waals surface area contributed by atoms with Crippen LogP contribution in [0.5, 0.6) is 11.5 Å². The van der Waals surface area contributed by atoms with Crippen LogP contribution in [0.2, 0.25) is 0 Å². The van der Waals surface area contributed by atoms with Crippen LogP contribution in [0.3, 0.4) is 0 Å². The molecule has 0 bridgehead atoms. The molecule has 4 rings (SSSR count). The van der Waals surface area contributed by atoms with E-state index in [-0.39, 0.29) is 23.5 Å². The number of aromatic nitrogens is 1. The van der Waals surface area contributed by atoms with Crippen molar-refractivity contribution >= 4 is 22.5 Å². The third kappa shape index (κ3) is 5.35. The van der Waals surface area contributed by atoms with E-state index in [4.69, 9.17) is 9.47 Å². The number of carbonyl (C=O) groups excluding carboxylic acids is 1. The van der Waals surface area contributed by atoms with Crippen LogP contribution < -0.4 is 20.1 Å². The number of alkyl halides is 3. The van der Waals surface area contributed by atoms with Crippen LogP contribution in [0.1, 0.15) is 41.7 Å². The Balaban J connectivity index is 1.52. The molecule has 1 aromatic heterocycles. The normalized spacial score (nSPS) is 18.4. The van der Waals surface area contributed by atoms with Crippen molar-refractivity contribution in [3.05, 3.63) is 59.8 Å². The summed E-state index contributed by atoms with van der Waals surface area (Å²) in [5.41, 5.74) is 0.160. The third-order valence-corrected chi connectivity index (χ3v) is 6.03. The Labute approximate surface area is 195 Å². The van der Waals surface area contributed by atoms with Crippen LogP contribution in [0.25, 0.3) is 10.9 Å². The van der Waals surface area contributed by atoms with Gasteiger partial charge < -0.3 is 20.1 Å². The van der Waals surface area contributed by atoms with Gasteiger partial charge in [-0.05, 0) is 74.2 Å². The molecule has 34 heavy (non-hydrogen) atoms. The topological polar surface area (TPSA) is 72.5 Å². The van der Waals surface area contributed by atoms with E-state index in [2.05, 4.69) is 15.6 Å². The molecule has 1 aliphatic rings. The van der Waals surface area contributed by atoms with E-state index in [1.54, 1.807) is 43.5 Å². The maximum atomic E-state index is 13.5. The molecule has 2 N–H and O–H groups in total. The molecule has 2 atom stereocenters. The molecule has 1 heterocycles. The number of carbonyl (C=O) groups is 1. The number of rotatable bonds is 6. The van der Waals surface area contributed by atoms with Gasteiger partial charge in [0.1, 0.15) is 17.2 Å². The van der Waals surface area contributed by atoms with Crippen molar-refractivity contribution in [3.8, 4) is 11.5 Å². The van der Waals surface area contributed by atoms with Crippen LogP contribution in [-0.4, -0.2) is 37.2 Å². The van der Waals surface area contributed by atoms with E-state index in [1.807, 2.05) is 0 Å². The fraction of sp³-hybridized carbons (Fsp3) is 0.360. The second-order valence-corrected chi connectivity index (χ2v) is 8.34. The van der Waals surface area contributed by atoms with Gasteiger partial charge in [-0.2, -0.15) is 13.2 Å². The maximum absolute atomic E-state index is 13.5. The molecule has 1 amide bonds. The first-order chi connectivity index (χ1) is 16.3. The zero-order chi connectivity index (χ0) is 24.3. The first kappa shape index (κ1) is 23.7. The van der Waals surface area contributed by atoms with Crippen molar-refractivity contribution in [1.29, 1.82) is 0 Å². The average molecular weight is 473 g/mol. The molecule has 0 saturated heterocycles. The summed E-state index contributed by atoms with van der Waals surface area (Å²) in [6, 6.07) is 12.5. The van der Waals surface area contributed by atoms with Crippen LogP contribution >= 0.6 is 0 Å². The fourth-order valence-corrected chi connectivity index (χ4v) is 4.28. The molecule has 3 aromatic rings. The Bertz CT molecular complexity index is 1170. The van der Waals surface area contributed by atoms with Gasteiger partial charge in [-0.1, -0.05) is 0 Å². The van der Waals surface area contributed by atoms with Gasteiger partial charge in [0, 0.05) is 28.7 Å². The summed E-state index contributed by atoms with van der Waals surface area (Å²) in [6.45, 7) is 0. The number of methoxy groups -OCH3 is 2. The first-order valence-electron chi connectivity index (χ1n) is 11.0. The summed E-state index contributed by atoms with van der Waals surface area (Å²) in [4.78, 5) is 16.4. The highest BCUT2D eigenvalue weighted by Gasteiger charge is 2.34. The predicted octanol–water partition coefficient (Wildman–Crippen LogP) is 5.42. The van der Waals surface area contributed by atoms with Crippen molar-refractivity contribution < 1.29 is 27.4 Å². The Morgan fingerprint density at radius 2 is 1.65 bits per heavy atom. The van der Waals surface area contributed by atoms with E-state index in [0.29, 0.717) is 34.6 Å². The zero-order valence-corrected chi connectivity index (χ0v) is 18.9. The predicted molar refractivity (Wildman–Crippen MR) is 123 cm³/mol. The number of fused-ring (bicyclic) bond motifs is 1. The van der Waals surface area contributed by atoms with Crippen LogP contribution in [0, 0.1) is 0 Å². The van der Waals surface area contributed by atoms with Gasteiger partial charge in [-0.3, -0.25) is 4.79 Å². The van der Waals surface area contributed by atoms with Gasteiger partial charge in [0.15, 0.2) is 0 Å². The van der Waals surface area contributed by atoms with E-state index in [9.17, 15) is 18.0 Å². The number of ether oxygens (including phenoxy) is 2. The number of benzene rings is 2. The Hall–Kier alpha value is -3.49. The number of halogens is 3. The Morgan fingerprint density at radius 3 is 2.32 bits per heavy atom. The van der Waals surface area contributed by atoms with Crippen LogP contribution in [-0.2, 0) is 6.18 Å². The van der Waals surface area contributed by atoms with E-state index in [0.717, 1.165) is 25.3 Å². The summed E-state index contributed by atoms with van der Waals surface area (Å²) < 4.78 is 50.8. The molecule has 6 nitrogen and oxygen atoms in total. The molecule has 0 radical (unpaired) electrons. The highest BCUT2D eigenvalue weighted by atomic mass is 19.4. The maximum Gasteiger partial charge on any atom is 0.433 e. The molecule has 1 saturated carbocycles. The smallest absolute Gasteiger partial charge is 0.433 e. The fourth-order valence-electron chi connectivity index (χ4n) is 4.28. The number of nitrogens with zero attached hydrogens (tertiary/aromatic N) is 1. The number of nitrogens with one attached hydrogen (secondary N) is 2. The molecular weight excluding hydrogens is 447 g/mol. The molecule has 0 aliphatic heterocycles. The Kier molecular flexibility index (Phi) is 6.81.